The van der Waals surface area contributed by atoms with Crippen molar-refractivity contribution in [2.45, 2.75) is 26.2 Å². The number of imide groups is 1. The Kier molecular flexibility index (Phi) is 2.94. The summed E-state index contributed by atoms with van der Waals surface area (Å²) in [6.07, 6.45) is 0. The average molecular weight is 279 g/mol. The Bertz CT molecular complexity index is 706. The van der Waals surface area contributed by atoms with E-state index in [-0.39, 0.29) is 17.2 Å². The number of anilines is 1. The zero-order valence-corrected chi connectivity index (χ0v) is 12.4. The molecule has 21 heavy (non-hydrogen) atoms. The van der Waals surface area contributed by atoms with Gasteiger partial charge in [-0.15, -0.1) is 0 Å². The fourth-order valence-corrected chi connectivity index (χ4v) is 2.54. The zero-order chi connectivity index (χ0) is 15.2. The number of nitrogens with zero attached hydrogens (tertiary/aromatic N) is 1. The Balaban J connectivity index is 2.08. The van der Waals surface area contributed by atoms with Crippen molar-refractivity contribution in [3.05, 3.63) is 65.2 Å². The first kappa shape index (κ1) is 13.6. The predicted octanol–water partition coefficient (Wildman–Crippen LogP) is 3.78. The fourth-order valence-electron chi connectivity index (χ4n) is 2.54. The number of carbonyl (C=O) groups is 2. The summed E-state index contributed by atoms with van der Waals surface area (Å²) < 4.78 is 0. The van der Waals surface area contributed by atoms with Crippen LogP contribution in [0.4, 0.5) is 5.69 Å². The van der Waals surface area contributed by atoms with Crippen molar-refractivity contribution < 1.29 is 9.59 Å². The molecule has 0 N–H and O–H groups in total. The van der Waals surface area contributed by atoms with E-state index in [9.17, 15) is 9.59 Å². The molecule has 2 aromatic rings. The lowest BCUT2D eigenvalue weighted by molar-refractivity contribution is 0.0926. The monoisotopic (exact) mass is 279 g/mol. The molecule has 3 rings (SSSR count). The molecule has 1 aliphatic rings. The molecule has 1 aliphatic heterocycles. The highest BCUT2D eigenvalue weighted by molar-refractivity contribution is 6.34. The smallest absolute Gasteiger partial charge is 0.266 e. The van der Waals surface area contributed by atoms with Crippen LogP contribution in [0.1, 0.15) is 47.1 Å². The van der Waals surface area contributed by atoms with Gasteiger partial charge in [-0.05, 0) is 35.2 Å². The molecule has 0 bridgehead atoms. The van der Waals surface area contributed by atoms with Crippen molar-refractivity contribution in [2.24, 2.45) is 0 Å². The number of hydrogen-bond acceptors (Lipinski definition) is 2. The maximum Gasteiger partial charge on any atom is 0.266 e. The van der Waals surface area contributed by atoms with Crippen LogP contribution in [-0.2, 0) is 5.41 Å². The van der Waals surface area contributed by atoms with Gasteiger partial charge in [-0.3, -0.25) is 9.59 Å². The Hall–Kier alpha value is -2.42. The quantitative estimate of drug-likeness (QED) is 0.745. The van der Waals surface area contributed by atoms with Gasteiger partial charge in [0.15, 0.2) is 0 Å². The lowest BCUT2D eigenvalue weighted by atomic mass is 9.87. The van der Waals surface area contributed by atoms with Gasteiger partial charge in [-0.2, -0.15) is 0 Å². The highest BCUT2D eigenvalue weighted by Gasteiger charge is 2.36. The van der Waals surface area contributed by atoms with E-state index in [1.54, 1.807) is 30.3 Å². The third-order valence-corrected chi connectivity index (χ3v) is 3.76. The Labute approximate surface area is 124 Å². The molecule has 0 aliphatic carbocycles. The standard InChI is InChI=1S/C18H17NO2/c1-18(2,3)12-7-6-8-13(11-12)19-16(20)14-9-4-5-10-15(14)17(19)21/h4-11H,1-3H3. The molecular formula is C18H17NO2. The maximum absolute atomic E-state index is 12.5. The topological polar surface area (TPSA) is 37.4 Å². The van der Waals surface area contributed by atoms with Crippen LogP contribution in [0, 0.1) is 0 Å². The second-order valence-electron chi connectivity index (χ2n) is 6.29. The van der Waals surface area contributed by atoms with Gasteiger partial charge in [0.2, 0.25) is 0 Å². The number of benzene rings is 2. The van der Waals surface area contributed by atoms with Crippen molar-refractivity contribution in [3.63, 3.8) is 0 Å². The molecule has 0 fully saturated rings. The van der Waals surface area contributed by atoms with Gasteiger partial charge in [-0.25, -0.2) is 4.90 Å². The van der Waals surface area contributed by atoms with Crippen LogP contribution in [0.3, 0.4) is 0 Å². The predicted molar refractivity (Wildman–Crippen MR) is 82.7 cm³/mol. The average Bonchev–Trinajstić information content (AvgIpc) is 2.71. The molecule has 0 saturated heterocycles. The van der Waals surface area contributed by atoms with Gasteiger partial charge in [-0.1, -0.05) is 45.0 Å². The van der Waals surface area contributed by atoms with Crippen molar-refractivity contribution >= 4 is 17.5 Å². The van der Waals surface area contributed by atoms with Gasteiger partial charge < -0.3 is 0 Å². The summed E-state index contributed by atoms with van der Waals surface area (Å²) in [7, 11) is 0. The largest absolute Gasteiger partial charge is 0.268 e. The SMILES string of the molecule is CC(C)(C)c1cccc(N2C(=O)c3ccccc3C2=O)c1. The van der Waals surface area contributed by atoms with E-state index >= 15 is 0 Å². The van der Waals surface area contributed by atoms with Gasteiger partial charge >= 0.3 is 0 Å². The Morgan fingerprint density at radius 1 is 0.810 bits per heavy atom. The summed E-state index contributed by atoms with van der Waals surface area (Å²) in [4.78, 5) is 26.2. The van der Waals surface area contributed by atoms with E-state index in [0.29, 0.717) is 16.8 Å². The van der Waals surface area contributed by atoms with Gasteiger partial charge in [0, 0.05) is 0 Å². The normalized spacial score (nSPS) is 14.5. The van der Waals surface area contributed by atoms with Crippen molar-refractivity contribution in [3.8, 4) is 0 Å². The first-order valence-electron chi connectivity index (χ1n) is 6.98. The minimum absolute atomic E-state index is 0.0331. The summed E-state index contributed by atoms with van der Waals surface area (Å²) in [6.45, 7) is 6.32. The lowest BCUT2D eigenvalue weighted by Crippen LogP contribution is -2.29. The van der Waals surface area contributed by atoms with E-state index < -0.39 is 0 Å². The zero-order valence-electron chi connectivity index (χ0n) is 12.4. The third-order valence-electron chi connectivity index (χ3n) is 3.76. The van der Waals surface area contributed by atoms with E-state index in [1.807, 2.05) is 18.2 Å². The van der Waals surface area contributed by atoms with Crippen LogP contribution in [0.25, 0.3) is 0 Å². The third kappa shape index (κ3) is 2.15. The molecule has 0 aromatic heterocycles. The molecule has 2 amide bonds. The Morgan fingerprint density at radius 2 is 1.38 bits per heavy atom. The number of amides is 2. The molecule has 1 heterocycles. The first-order valence-corrected chi connectivity index (χ1v) is 6.98. The summed E-state index contributed by atoms with van der Waals surface area (Å²) in [5.41, 5.74) is 2.65. The number of rotatable bonds is 1. The number of fused-ring (bicyclic) bond motifs is 1. The summed E-state index contributed by atoms with van der Waals surface area (Å²) >= 11 is 0. The lowest BCUT2D eigenvalue weighted by Gasteiger charge is -2.22. The van der Waals surface area contributed by atoms with Crippen LogP contribution in [0.2, 0.25) is 0 Å². The van der Waals surface area contributed by atoms with Crippen molar-refractivity contribution in [1.29, 1.82) is 0 Å². The first-order chi connectivity index (χ1) is 9.89. The van der Waals surface area contributed by atoms with Gasteiger partial charge in [0.1, 0.15) is 0 Å². The minimum Gasteiger partial charge on any atom is -0.268 e. The fraction of sp³-hybridized carbons (Fsp3) is 0.222. The van der Waals surface area contributed by atoms with E-state index in [2.05, 4.69) is 20.8 Å². The number of carbonyl (C=O) groups excluding carboxylic acids is 2. The minimum atomic E-state index is -0.248. The van der Waals surface area contributed by atoms with Crippen LogP contribution < -0.4 is 4.90 Å². The van der Waals surface area contributed by atoms with E-state index in [0.717, 1.165) is 5.56 Å². The molecule has 0 spiro atoms. The van der Waals surface area contributed by atoms with Gasteiger partial charge in [0.25, 0.3) is 11.8 Å². The van der Waals surface area contributed by atoms with Crippen molar-refractivity contribution in [1.82, 2.24) is 0 Å². The molecule has 2 aromatic carbocycles. The molecule has 3 heteroatoms. The summed E-state index contributed by atoms with van der Waals surface area (Å²) in [6, 6.07) is 14.6. The molecule has 0 radical (unpaired) electrons. The molecular weight excluding hydrogens is 262 g/mol. The van der Waals surface area contributed by atoms with Crippen LogP contribution >= 0.6 is 0 Å². The van der Waals surface area contributed by atoms with E-state index in [1.165, 1.54) is 4.90 Å². The molecule has 3 nitrogen and oxygen atoms in total. The van der Waals surface area contributed by atoms with Crippen molar-refractivity contribution in [2.75, 3.05) is 4.90 Å². The second kappa shape index (κ2) is 4.55. The second-order valence-corrected chi connectivity index (χ2v) is 6.29. The van der Waals surface area contributed by atoms with Gasteiger partial charge in [0.05, 0.1) is 16.8 Å². The molecule has 0 atom stereocenters. The highest BCUT2D eigenvalue weighted by atomic mass is 16.2. The molecule has 106 valence electrons. The molecule has 0 saturated carbocycles. The summed E-state index contributed by atoms with van der Waals surface area (Å²) in [5.74, 6) is -0.497. The van der Waals surface area contributed by atoms with Crippen LogP contribution in [0.15, 0.2) is 48.5 Å². The number of hydrogen-bond donors (Lipinski definition) is 0. The van der Waals surface area contributed by atoms with E-state index in [4.69, 9.17) is 0 Å². The molecule has 0 unspecified atom stereocenters. The Morgan fingerprint density at radius 3 is 1.90 bits per heavy atom. The maximum atomic E-state index is 12.5. The van der Waals surface area contributed by atoms with Crippen LogP contribution in [-0.4, -0.2) is 11.8 Å². The van der Waals surface area contributed by atoms with Crippen LogP contribution in [0.5, 0.6) is 0 Å². The summed E-state index contributed by atoms with van der Waals surface area (Å²) in [5, 5.41) is 0. The highest BCUT2D eigenvalue weighted by Crippen LogP contribution is 2.31.